The summed E-state index contributed by atoms with van der Waals surface area (Å²) in [6.07, 6.45) is 0. The number of benzene rings is 1. The summed E-state index contributed by atoms with van der Waals surface area (Å²) in [6, 6.07) is 4.00. The zero-order valence-electron chi connectivity index (χ0n) is 6.72. The van der Waals surface area contributed by atoms with Crippen LogP contribution in [0.5, 0.6) is 0 Å². The summed E-state index contributed by atoms with van der Waals surface area (Å²) in [6.45, 7) is 0.790. The molecule has 1 N–H and O–H groups in total. The van der Waals surface area contributed by atoms with E-state index >= 15 is 0 Å². The van der Waals surface area contributed by atoms with Gasteiger partial charge in [0.15, 0.2) is 0 Å². The zero-order valence-corrected chi connectivity index (χ0v) is 10.5. The SMILES string of the molecule is OCc1cc(Br)cc2c1CN=C2I. The molecule has 68 valence electrons. The van der Waals surface area contributed by atoms with Gasteiger partial charge in [-0.05, 0) is 45.9 Å². The standard InChI is InChI=1S/C9H7BrINO/c10-6-1-5(4-13)8-3-12-9(11)7(8)2-6/h1-2,13H,3-4H2. The van der Waals surface area contributed by atoms with E-state index in [9.17, 15) is 0 Å². The van der Waals surface area contributed by atoms with Crippen LogP contribution in [0.15, 0.2) is 21.6 Å². The van der Waals surface area contributed by atoms with E-state index in [1.54, 1.807) is 0 Å². The summed E-state index contributed by atoms with van der Waals surface area (Å²) in [4.78, 5) is 4.33. The van der Waals surface area contributed by atoms with Crippen molar-refractivity contribution < 1.29 is 5.11 Å². The summed E-state index contributed by atoms with van der Waals surface area (Å²) >= 11 is 5.64. The van der Waals surface area contributed by atoms with Crippen LogP contribution < -0.4 is 0 Å². The molecular formula is C9H7BrINO. The first-order valence-electron chi connectivity index (χ1n) is 3.85. The van der Waals surface area contributed by atoms with Crippen molar-refractivity contribution in [3.63, 3.8) is 0 Å². The molecule has 13 heavy (non-hydrogen) atoms. The van der Waals surface area contributed by atoms with Gasteiger partial charge < -0.3 is 5.11 Å². The fourth-order valence-electron chi connectivity index (χ4n) is 1.44. The highest BCUT2D eigenvalue weighted by Crippen LogP contribution is 2.29. The van der Waals surface area contributed by atoms with Crippen LogP contribution in [0.3, 0.4) is 0 Å². The number of nitrogens with zero attached hydrogens (tertiary/aromatic N) is 1. The fourth-order valence-corrected chi connectivity index (χ4v) is 2.60. The number of fused-ring (bicyclic) bond motifs is 1. The minimum Gasteiger partial charge on any atom is -0.392 e. The Morgan fingerprint density at radius 3 is 3.00 bits per heavy atom. The summed E-state index contributed by atoms with van der Waals surface area (Å²) in [7, 11) is 0. The number of aliphatic imine (C=N–C) groups is 1. The lowest BCUT2D eigenvalue weighted by Gasteiger charge is -2.05. The smallest absolute Gasteiger partial charge is 0.103 e. The van der Waals surface area contributed by atoms with E-state index in [-0.39, 0.29) is 6.61 Å². The summed E-state index contributed by atoms with van der Waals surface area (Å²) < 4.78 is 2.03. The quantitative estimate of drug-likeness (QED) is 0.775. The summed E-state index contributed by atoms with van der Waals surface area (Å²) in [5, 5.41) is 9.14. The van der Waals surface area contributed by atoms with Crippen LogP contribution in [-0.2, 0) is 13.2 Å². The number of aliphatic hydroxyl groups is 1. The third-order valence-electron chi connectivity index (χ3n) is 2.08. The number of aliphatic hydroxyl groups excluding tert-OH is 1. The minimum absolute atomic E-state index is 0.0845. The lowest BCUT2D eigenvalue weighted by Crippen LogP contribution is -1.96. The third kappa shape index (κ3) is 1.67. The Hall–Kier alpha value is 0.0600. The van der Waals surface area contributed by atoms with Crippen molar-refractivity contribution in [2.45, 2.75) is 13.2 Å². The van der Waals surface area contributed by atoms with Crippen LogP contribution in [0.4, 0.5) is 0 Å². The molecule has 4 heteroatoms. The summed E-state index contributed by atoms with van der Waals surface area (Å²) in [5.41, 5.74) is 3.29. The number of rotatable bonds is 1. The molecule has 1 aromatic carbocycles. The molecule has 0 spiro atoms. The maximum absolute atomic E-state index is 9.14. The normalized spacial score (nSPS) is 14.2. The van der Waals surface area contributed by atoms with Gasteiger partial charge >= 0.3 is 0 Å². The van der Waals surface area contributed by atoms with Gasteiger partial charge in [0.2, 0.25) is 0 Å². The van der Waals surface area contributed by atoms with Crippen molar-refractivity contribution in [2.24, 2.45) is 4.99 Å². The van der Waals surface area contributed by atoms with Gasteiger partial charge in [-0.25, -0.2) is 0 Å². The van der Waals surface area contributed by atoms with Gasteiger partial charge in [-0.1, -0.05) is 15.9 Å². The maximum atomic E-state index is 9.14. The van der Waals surface area contributed by atoms with Crippen LogP contribution >= 0.6 is 38.5 Å². The molecule has 0 fully saturated rings. The van der Waals surface area contributed by atoms with Gasteiger partial charge in [-0.2, -0.15) is 0 Å². The second-order valence-corrected chi connectivity index (χ2v) is 4.79. The van der Waals surface area contributed by atoms with E-state index in [0.29, 0.717) is 6.54 Å². The number of halogens is 2. The number of hydrogen-bond acceptors (Lipinski definition) is 2. The third-order valence-corrected chi connectivity index (χ3v) is 3.46. The van der Waals surface area contributed by atoms with Crippen molar-refractivity contribution in [3.05, 3.63) is 33.3 Å². The average molecular weight is 352 g/mol. The van der Waals surface area contributed by atoms with Crippen LogP contribution in [0, 0.1) is 0 Å². The van der Waals surface area contributed by atoms with Crippen molar-refractivity contribution in [3.8, 4) is 0 Å². The van der Waals surface area contributed by atoms with Crippen LogP contribution in [0.25, 0.3) is 0 Å². The molecule has 2 nitrogen and oxygen atoms in total. The minimum atomic E-state index is 0.0845. The fraction of sp³-hybridized carbons (Fsp3) is 0.222. The highest BCUT2D eigenvalue weighted by atomic mass is 127. The molecule has 0 saturated carbocycles. The molecule has 0 atom stereocenters. The van der Waals surface area contributed by atoms with E-state index in [2.05, 4.69) is 43.5 Å². The van der Waals surface area contributed by atoms with Crippen molar-refractivity contribution in [2.75, 3.05) is 0 Å². The van der Waals surface area contributed by atoms with Crippen LogP contribution in [0.2, 0.25) is 0 Å². The van der Waals surface area contributed by atoms with Gasteiger partial charge in [-0.3, -0.25) is 4.99 Å². The Kier molecular flexibility index (Phi) is 2.71. The molecule has 0 aromatic heterocycles. The Bertz CT molecular complexity index is 389. The highest BCUT2D eigenvalue weighted by Gasteiger charge is 2.17. The molecule has 0 bridgehead atoms. The second kappa shape index (κ2) is 3.67. The van der Waals surface area contributed by atoms with Crippen molar-refractivity contribution >= 4 is 42.2 Å². The molecule has 1 aromatic rings. The van der Waals surface area contributed by atoms with Crippen LogP contribution in [0.1, 0.15) is 16.7 Å². The molecule has 1 aliphatic rings. The molecule has 0 radical (unpaired) electrons. The Morgan fingerprint density at radius 1 is 1.54 bits per heavy atom. The van der Waals surface area contributed by atoms with Crippen molar-refractivity contribution in [1.82, 2.24) is 0 Å². The number of hydrogen-bond donors (Lipinski definition) is 1. The molecule has 0 unspecified atom stereocenters. The molecule has 0 amide bonds. The predicted octanol–water partition coefficient (Wildman–Crippen LogP) is 2.64. The van der Waals surface area contributed by atoms with Crippen LogP contribution in [-0.4, -0.2) is 8.82 Å². The van der Waals surface area contributed by atoms with Gasteiger partial charge in [0.1, 0.15) is 3.72 Å². The topological polar surface area (TPSA) is 32.6 Å². The molecule has 2 rings (SSSR count). The lowest BCUT2D eigenvalue weighted by molar-refractivity contribution is 0.280. The van der Waals surface area contributed by atoms with Gasteiger partial charge in [0, 0.05) is 10.0 Å². The first-order valence-corrected chi connectivity index (χ1v) is 5.72. The van der Waals surface area contributed by atoms with E-state index in [1.807, 2.05) is 12.1 Å². The maximum Gasteiger partial charge on any atom is 0.103 e. The van der Waals surface area contributed by atoms with Gasteiger partial charge in [-0.15, -0.1) is 0 Å². The van der Waals surface area contributed by atoms with E-state index < -0.39 is 0 Å². The van der Waals surface area contributed by atoms with E-state index in [1.165, 1.54) is 0 Å². The van der Waals surface area contributed by atoms with Gasteiger partial charge in [0.05, 0.1) is 13.2 Å². The second-order valence-electron chi connectivity index (χ2n) is 2.86. The van der Waals surface area contributed by atoms with Crippen molar-refractivity contribution in [1.29, 1.82) is 0 Å². The first kappa shape index (κ1) is 9.61. The largest absolute Gasteiger partial charge is 0.392 e. The molecule has 1 heterocycles. The molecule has 0 saturated heterocycles. The van der Waals surface area contributed by atoms with E-state index in [0.717, 1.165) is 24.9 Å². The summed E-state index contributed by atoms with van der Waals surface area (Å²) in [5.74, 6) is 0. The Morgan fingerprint density at radius 2 is 2.31 bits per heavy atom. The zero-order chi connectivity index (χ0) is 9.42. The Labute approximate surface area is 98.3 Å². The van der Waals surface area contributed by atoms with E-state index in [4.69, 9.17) is 5.11 Å². The highest BCUT2D eigenvalue weighted by molar-refractivity contribution is 14.1. The molecule has 1 aliphatic heterocycles. The monoisotopic (exact) mass is 351 g/mol. The molecule has 0 aliphatic carbocycles. The molecular weight excluding hydrogens is 345 g/mol. The average Bonchev–Trinajstić information content (AvgIpc) is 2.47. The lowest BCUT2D eigenvalue weighted by atomic mass is 10.0. The Balaban J connectivity index is 2.61. The predicted molar refractivity (Wildman–Crippen MR) is 64.3 cm³/mol. The van der Waals surface area contributed by atoms with Gasteiger partial charge in [0.25, 0.3) is 0 Å². The first-order chi connectivity index (χ1) is 6.22.